The number of ketones is 2. The molecule has 7 heteroatoms. The largest absolute Gasteiger partial charge is 4.00 e. The van der Waals surface area contributed by atoms with E-state index in [4.69, 9.17) is 0 Å². The van der Waals surface area contributed by atoms with E-state index in [2.05, 4.69) is 27.7 Å². The molecule has 0 bridgehead atoms. The van der Waals surface area contributed by atoms with Gasteiger partial charge in [-0.3, -0.25) is 9.59 Å². The zero-order valence-electron chi connectivity index (χ0n) is 22.3. The Bertz CT molecular complexity index is 429. The maximum absolute atomic E-state index is 10.4. The van der Waals surface area contributed by atoms with Crippen molar-refractivity contribution in [2.24, 2.45) is 11.8 Å². The van der Waals surface area contributed by atoms with E-state index in [1.165, 1.54) is 53.4 Å². The standard InChI is InChI=1S/2C8H17O.2C5H8O2.Ti/c2*1-3-5-6-8(4-2)7-9;2*1-4(6)3-5(2)7;/h2*8H,3-7H2,1-2H3;2*3,6H,1-2H3;/q2*-1;;;+4/p-2. The van der Waals surface area contributed by atoms with Gasteiger partial charge in [-0.05, 0) is 26.0 Å². The molecule has 0 amide bonds. The van der Waals surface area contributed by atoms with Gasteiger partial charge in [-0.2, -0.15) is 0 Å². The van der Waals surface area contributed by atoms with Crippen LogP contribution in [0.2, 0.25) is 0 Å². The first kappa shape index (κ1) is 42.2. The van der Waals surface area contributed by atoms with Crippen LogP contribution < -0.4 is 20.4 Å². The Balaban J connectivity index is -0.000000105. The molecule has 0 heterocycles. The van der Waals surface area contributed by atoms with Gasteiger partial charge in [0, 0.05) is 0 Å². The van der Waals surface area contributed by atoms with Gasteiger partial charge in [0.2, 0.25) is 0 Å². The van der Waals surface area contributed by atoms with E-state index in [1.54, 1.807) is 0 Å². The summed E-state index contributed by atoms with van der Waals surface area (Å²) in [5, 5.41) is 40.7. The number of hydrogen-bond acceptors (Lipinski definition) is 6. The topological polar surface area (TPSA) is 126 Å². The Morgan fingerprint density at radius 2 is 0.939 bits per heavy atom. The number of unbranched alkanes of at least 4 members (excludes halogenated alkanes) is 2. The normalized spacial score (nSPS) is 12.3. The van der Waals surface area contributed by atoms with Crippen molar-refractivity contribution < 1.29 is 51.7 Å². The zero-order chi connectivity index (χ0) is 25.9. The minimum absolute atomic E-state index is 0. The molecule has 0 aliphatic carbocycles. The summed E-state index contributed by atoms with van der Waals surface area (Å²) in [5.74, 6) is 0.148. The molecular formula is C26H48O6Ti. The minimum atomic E-state index is -0.187. The van der Waals surface area contributed by atoms with Gasteiger partial charge in [0.1, 0.15) is 0 Å². The second-order valence-corrected chi connectivity index (χ2v) is 7.90. The monoisotopic (exact) mass is 504 g/mol. The molecule has 0 aromatic rings. The summed E-state index contributed by atoms with van der Waals surface area (Å²) in [6.45, 7) is 14.2. The summed E-state index contributed by atoms with van der Waals surface area (Å²) in [4.78, 5) is 20.0. The maximum Gasteiger partial charge on any atom is 4.00 e. The average Bonchev–Trinajstić information content (AvgIpc) is 2.69. The molecule has 33 heavy (non-hydrogen) atoms. The van der Waals surface area contributed by atoms with Crippen molar-refractivity contribution in [3.05, 3.63) is 23.7 Å². The van der Waals surface area contributed by atoms with E-state index in [0.29, 0.717) is 11.8 Å². The molecular weight excluding hydrogens is 456 g/mol. The van der Waals surface area contributed by atoms with Crippen molar-refractivity contribution in [1.29, 1.82) is 0 Å². The Morgan fingerprint density at radius 1 is 0.667 bits per heavy atom. The predicted molar refractivity (Wildman–Crippen MR) is 125 cm³/mol. The minimum Gasteiger partial charge on any atom is -0.876 e. The third-order valence-electron chi connectivity index (χ3n) is 4.37. The van der Waals surface area contributed by atoms with E-state index in [0.717, 1.165) is 37.8 Å². The summed E-state index contributed by atoms with van der Waals surface area (Å²) < 4.78 is 0. The van der Waals surface area contributed by atoms with Crippen molar-refractivity contribution in [2.75, 3.05) is 13.2 Å². The number of hydrogen-bond donors (Lipinski definition) is 0. The Hall–Kier alpha value is -0.946. The first-order valence-corrected chi connectivity index (χ1v) is 11.8. The van der Waals surface area contributed by atoms with Gasteiger partial charge >= 0.3 is 21.7 Å². The second-order valence-electron chi connectivity index (χ2n) is 7.90. The summed E-state index contributed by atoms with van der Waals surface area (Å²) in [7, 11) is 0. The molecule has 2 atom stereocenters. The molecule has 0 spiro atoms. The molecule has 0 aliphatic rings. The van der Waals surface area contributed by atoms with E-state index in [1.807, 2.05) is 0 Å². The molecule has 6 nitrogen and oxygen atoms in total. The molecule has 0 aromatic carbocycles. The second kappa shape index (κ2) is 33.2. The van der Waals surface area contributed by atoms with Crippen LogP contribution in [-0.2, 0) is 31.3 Å². The molecule has 192 valence electrons. The first-order chi connectivity index (χ1) is 14.9. The number of carbonyl (C=O) groups excluding carboxylic acids is 2. The molecule has 2 unspecified atom stereocenters. The average molecular weight is 505 g/mol. The Labute approximate surface area is 218 Å². The quantitative estimate of drug-likeness (QED) is 0.229. The molecule has 0 radical (unpaired) electrons. The molecule has 0 N–H and O–H groups in total. The molecule has 0 aromatic heterocycles. The van der Waals surface area contributed by atoms with Crippen molar-refractivity contribution in [2.45, 2.75) is 107 Å². The number of rotatable bonds is 12. The third kappa shape index (κ3) is 49.3. The SMILES string of the molecule is CC(=O)C=C(C)[O-].CC(=O)C=C(C)[O-].CCCCC(CC)C[O-].CCCCC(CC)C[O-].[Ti+4]. The van der Waals surface area contributed by atoms with Crippen molar-refractivity contribution in [3.8, 4) is 0 Å². The molecule has 0 saturated carbocycles. The fourth-order valence-electron chi connectivity index (χ4n) is 2.37. The van der Waals surface area contributed by atoms with Gasteiger partial charge in [-0.15, -0.1) is 24.7 Å². The van der Waals surface area contributed by atoms with E-state index >= 15 is 0 Å². The van der Waals surface area contributed by atoms with E-state index in [-0.39, 0.29) is 58.0 Å². The van der Waals surface area contributed by atoms with Crippen molar-refractivity contribution in [3.63, 3.8) is 0 Å². The van der Waals surface area contributed by atoms with Gasteiger partial charge in [0.15, 0.2) is 11.6 Å². The van der Waals surface area contributed by atoms with Crippen LogP contribution in [0.3, 0.4) is 0 Å². The molecule has 0 rings (SSSR count). The number of allylic oxidation sites excluding steroid dienone is 4. The van der Waals surface area contributed by atoms with Gasteiger partial charge in [0.25, 0.3) is 0 Å². The fourth-order valence-corrected chi connectivity index (χ4v) is 2.37. The zero-order valence-corrected chi connectivity index (χ0v) is 23.9. The van der Waals surface area contributed by atoms with Gasteiger partial charge in [-0.1, -0.05) is 105 Å². The van der Waals surface area contributed by atoms with Crippen LogP contribution in [0.5, 0.6) is 0 Å². The van der Waals surface area contributed by atoms with Gasteiger partial charge in [-0.25, -0.2) is 0 Å². The van der Waals surface area contributed by atoms with Crippen molar-refractivity contribution in [1.82, 2.24) is 0 Å². The van der Waals surface area contributed by atoms with Crippen LogP contribution in [0.1, 0.15) is 107 Å². The first-order valence-electron chi connectivity index (χ1n) is 11.8. The predicted octanol–water partition coefficient (Wildman–Crippen LogP) is 2.80. The van der Waals surface area contributed by atoms with Crippen LogP contribution in [0.4, 0.5) is 0 Å². The maximum atomic E-state index is 10.4. The van der Waals surface area contributed by atoms with E-state index < -0.39 is 0 Å². The summed E-state index contributed by atoms with van der Waals surface area (Å²) >= 11 is 0. The smallest absolute Gasteiger partial charge is 0.876 e. The Kier molecular flexibility index (Phi) is 42.5. The summed E-state index contributed by atoms with van der Waals surface area (Å²) in [6, 6.07) is 0. The van der Waals surface area contributed by atoms with Crippen LogP contribution in [0.15, 0.2) is 23.7 Å². The summed E-state index contributed by atoms with van der Waals surface area (Å²) in [6.07, 6.45) is 11.4. The van der Waals surface area contributed by atoms with Crippen LogP contribution >= 0.6 is 0 Å². The van der Waals surface area contributed by atoms with E-state index in [9.17, 15) is 30.0 Å². The third-order valence-corrected chi connectivity index (χ3v) is 4.37. The number of carbonyl (C=O) groups is 2. The van der Waals surface area contributed by atoms with Crippen molar-refractivity contribution >= 4 is 11.6 Å². The van der Waals surface area contributed by atoms with Gasteiger partial charge in [0.05, 0.1) is 0 Å². The van der Waals surface area contributed by atoms with Crippen LogP contribution in [0.25, 0.3) is 0 Å². The molecule has 0 aliphatic heterocycles. The van der Waals surface area contributed by atoms with Crippen LogP contribution in [0, 0.1) is 11.8 Å². The summed E-state index contributed by atoms with van der Waals surface area (Å²) in [5.41, 5.74) is 0. The van der Waals surface area contributed by atoms with Crippen LogP contribution in [-0.4, -0.2) is 24.8 Å². The Morgan fingerprint density at radius 3 is 1.03 bits per heavy atom. The fraction of sp³-hybridized carbons (Fsp3) is 0.769. The van der Waals surface area contributed by atoms with Gasteiger partial charge < -0.3 is 20.4 Å². The molecule has 0 saturated heterocycles. The molecule has 0 fully saturated rings.